The van der Waals surface area contributed by atoms with E-state index in [1.807, 2.05) is 5.32 Å². The van der Waals surface area contributed by atoms with E-state index in [0.29, 0.717) is 0 Å². The van der Waals surface area contributed by atoms with Gasteiger partial charge in [-0.3, -0.25) is 4.79 Å². The number of hydrogen-bond donors (Lipinski definition) is 2. The third-order valence-electron chi connectivity index (χ3n) is 0.725. The number of rotatable bonds is 3. The van der Waals surface area contributed by atoms with Crippen LogP contribution in [0.15, 0.2) is 0 Å². The van der Waals surface area contributed by atoms with E-state index >= 15 is 0 Å². The van der Waals surface area contributed by atoms with Crippen molar-refractivity contribution in [2.45, 2.75) is 4.11 Å². The SMILES string of the molecule is C#CC(I)OC(=O)NCC(=O)O. The average Bonchev–Trinajstić information content (AvgIpc) is 2.00. The fraction of sp³-hybridized carbons (Fsp3) is 0.333. The Labute approximate surface area is 82.6 Å². The number of terminal acetylenes is 1. The maximum Gasteiger partial charge on any atom is 0.409 e. The molecule has 0 spiro atoms. The molecule has 0 fully saturated rings. The molecule has 0 aromatic rings. The number of ether oxygens (including phenoxy) is 1. The summed E-state index contributed by atoms with van der Waals surface area (Å²) in [5, 5.41) is 10.1. The third kappa shape index (κ3) is 5.79. The van der Waals surface area contributed by atoms with Crippen LogP contribution in [-0.4, -0.2) is 27.8 Å². The molecule has 2 N–H and O–H groups in total. The van der Waals surface area contributed by atoms with Crippen molar-refractivity contribution in [2.75, 3.05) is 6.54 Å². The van der Waals surface area contributed by atoms with Crippen LogP contribution >= 0.6 is 22.6 Å². The molecule has 0 rings (SSSR count). The van der Waals surface area contributed by atoms with Crippen molar-refractivity contribution >= 4 is 34.7 Å². The van der Waals surface area contributed by atoms with E-state index in [9.17, 15) is 9.59 Å². The lowest BCUT2D eigenvalue weighted by atomic mass is 10.7. The van der Waals surface area contributed by atoms with Gasteiger partial charge in [-0.15, -0.1) is 6.42 Å². The molecule has 0 radical (unpaired) electrons. The summed E-state index contributed by atoms with van der Waals surface area (Å²) in [6.07, 6.45) is 4.06. The van der Waals surface area contributed by atoms with Gasteiger partial charge in [0.1, 0.15) is 6.54 Å². The minimum absolute atomic E-state index is 0.479. The van der Waals surface area contributed by atoms with E-state index in [-0.39, 0.29) is 0 Å². The van der Waals surface area contributed by atoms with Gasteiger partial charge in [-0.2, -0.15) is 0 Å². The summed E-state index contributed by atoms with van der Waals surface area (Å²) in [4.78, 5) is 20.6. The van der Waals surface area contributed by atoms with Crippen molar-refractivity contribution in [1.29, 1.82) is 0 Å². The number of alkyl halides is 1. The predicted octanol–water partition coefficient (Wildman–Crippen LogP) is 0.191. The Morgan fingerprint density at radius 1 is 1.75 bits per heavy atom. The van der Waals surface area contributed by atoms with Crippen LogP contribution in [-0.2, 0) is 9.53 Å². The minimum Gasteiger partial charge on any atom is -0.480 e. The van der Waals surface area contributed by atoms with Crippen molar-refractivity contribution < 1.29 is 19.4 Å². The second-order valence-corrected chi connectivity index (χ2v) is 2.77. The number of carbonyl (C=O) groups is 2. The molecule has 0 aromatic carbocycles. The molecule has 5 nitrogen and oxygen atoms in total. The third-order valence-corrected chi connectivity index (χ3v) is 1.34. The Kier molecular flexibility index (Phi) is 5.19. The van der Waals surface area contributed by atoms with Gasteiger partial charge in [-0.1, -0.05) is 5.92 Å². The molecular weight excluding hydrogens is 277 g/mol. The summed E-state index contributed by atoms with van der Waals surface area (Å²) >= 11 is 1.71. The lowest BCUT2D eigenvalue weighted by molar-refractivity contribution is -0.135. The number of carboxylic acids is 1. The van der Waals surface area contributed by atoms with E-state index in [4.69, 9.17) is 11.5 Å². The van der Waals surface area contributed by atoms with Crippen LogP contribution in [0, 0.1) is 12.3 Å². The maximum atomic E-state index is 10.6. The largest absolute Gasteiger partial charge is 0.480 e. The van der Waals surface area contributed by atoms with Crippen molar-refractivity contribution in [2.24, 2.45) is 0 Å². The summed E-state index contributed by atoms with van der Waals surface area (Å²) in [5.74, 6) is 0.999. The highest BCUT2D eigenvalue weighted by Crippen LogP contribution is 1.99. The second-order valence-electron chi connectivity index (χ2n) is 1.64. The number of hydrogen-bond acceptors (Lipinski definition) is 3. The number of carbonyl (C=O) groups excluding carboxylic acids is 1. The van der Waals surface area contributed by atoms with Crippen LogP contribution in [0.3, 0.4) is 0 Å². The van der Waals surface area contributed by atoms with Gasteiger partial charge < -0.3 is 15.2 Å². The van der Waals surface area contributed by atoms with Crippen molar-refractivity contribution in [1.82, 2.24) is 5.32 Å². The van der Waals surface area contributed by atoms with Crippen molar-refractivity contribution in [3.05, 3.63) is 0 Å². The number of nitrogens with one attached hydrogen (secondary N) is 1. The van der Waals surface area contributed by atoms with E-state index < -0.39 is 22.7 Å². The first-order valence-corrected chi connectivity index (χ1v) is 4.07. The fourth-order valence-electron chi connectivity index (χ4n) is 0.317. The predicted molar refractivity (Wildman–Crippen MR) is 48.8 cm³/mol. The highest BCUT2D eigenvalue weighted by molar-refractivity contribution is 14.1. The van der Waals surface area contributed by atoms with Gasteiger partial charge >= 0.3 is 12.1 Å². The minimum atomic E-state index is -1.14. The molecule has 1 amide bonds. The smallest absolute Gasteiger partial charge is 0.409 e. The molecule has 0 heterocycles. The highest BCUT2D eigenvalue weighted by atomic mass is 127. The van der Waals surface area contributed by atoms with Gasteiger partial charge in [0.05, 0.1) is 0 Å². The zero-order chi connectivity index (χ0) is 9.56. The Balaban J connectivity index is 3.62. The van der Waals surface area contributed by atoms with Gasteiger partial charge in [0.25, 0.3) is 0 Å². The van der Waals surface area contributed by atoms with Crippen LogP contribution in [0.25, 0.3) is 0 Å². The quantitative estimate of drug-likeness (QED) is 0.440. The molecule has 6 heteroatoms. The summed E-state index contributed by atoms with van der Waals surface area (Å²) in [6, 6.07) is 0. The monoisotopic (exact) mass is 283 g/mol. The van der Waals surface area contributed by atoms with Crippen molar-refractivity contribution in [3.63, 3.8) is 0 Å². The number of carboxylic acid groups (broad SMARTS) is 1. The first-order chi connectivity index (χ1) is 5.56. The molecular formula is C6H6INO4. The maximum absolute atomic E-state index is 10.6. The van der Waals surface area contributed by atoms with Crippen LogP contribution in [0.4, 0.5) is 4.79 Å². The molecule has 0 bridgehead atoms. The standard InChI is InChI=1S/C6H6INO4/c1-2-4(7)12-6(11)8-3-5(9)10/h1,4H,3H2,(H,8,11)(H,9,10). The first kappa shape index (κ1) is 11.0. The molecule has 0 saturated heterocycles. The Morgan fingerprint density at radius 2 is 2.33 bits per heavy atom. The van der Waals surface area contributed by atoms with E-state index in [0.717, 1.165) is 0 Å². The lowest BCUT2D eigenvalue weighted by Gasteiger charge is -2.05. The van der Waals surface area contributed by atoms with E-state index in [2.05, 4.69) is 10.7 Å². The number of halogens is 1. The van der Waals surface area contributed by atoms with Gasteiger partial charge in [0.15, 0.2) is 0 Å². The fourth-order valence-corrected chi connectivity index (χ4v) is 0.548. The summed E-state index contributed by atoms with van der Waals surface area (Å²) < 4.78 is 3.80. The number of alkyl carbamates (subject to hydrolysis) is 1. The van der Waals surface area contributed by atoms with Crippen LogP contribution < -0.4 is 5.32 Å². The van der Waals surface area contributed by atoms with Gasteiger partial charge in [0, 0.05) is 0 Å². The van der Waals surface area contributed by atoms with Crippen LogP contribution in [0.5, 0.6) is 0 Å². The molecule has 1 atom stereocenters. The van der Waals surface area contributed by atoms with Crippen LogP contribution in [0.1, 0.15) is 0 Å². The second kappa shape index (κ2) is 5.65. The topological polar surface area (TPSA) is 75.6 Å². The summed E-state index contributed by atoms with van der Waals surface area (Å²) in [7, 11) is 0. The van der Waals surface area contributed by atoms with Crippen molar-refractivity contribution in [3.8, 4) is 12.3 Å². The van der Waals surface area contributed by atoms with Gasteiger partial charge in [-0.05, 0) is 22.6 Å². The van der Waals surface area contributed by atoms with E-state index in [1.165, 1.54) is 0 Å². The lowest BCUT2D eigenvalue weighted by Crippen LogP contribution is -2.31. The first-order valence-electron chi connectivity index (χ1n) is 2.82. The average molecular weight is 283 g/mol. The summed E-state index contributed by atoms with van der Waals surface area (Å²) in [6.45, 7) is -0.479. The Hall–Kier alpha value is -0.970. The van der Waals surface area contributed by atoms with Gasteiger partial charge in [-0.25, -0.2) is 4.79 Å². The zero-order valence-electron chi connectivity index (χ0n) is 5.91. The summed E-state index contributed by atoms with van der Waals surface area (Å²) in [5.41, 5.74) is 0. The molecule has 66 valence electrons. The molecule has 0 aromatic heterocycles. The molecule has 1 unspecified atom stereocenters. The molecule has 12 heavy (non-hydrogen) atoms. The molecule has 0 aliphatic rings. The molecule has 0 aliphatic carbocycles. The van der Waals surface area contributed by atoms with Crippen LogP contribution in [0.2, 0.25) is 0 Å². The van der Waals surface area contributed by atoms with Gasteiger partial charge in [0.2, 0.25) is 4.11 Å². The normalized spacial score (nSPS) is 11.0. The zero-order valence-corrected chi connectivity index (χ0v) is 8.07. The number of aliphatic carboxylic acids is 1. The Bertz CT molecular complexity index is 222. The highest BCUT2D eigenvalue weighted by Gasteiger charge is 2.07. The number of amides is 1. The molecule has 0 aliphatic heterocycles. The molecule has 0 saturated carbocycles. The van der Waals surface area contributed by atoms with E-state index in [1.54, 1.807) is 22.6 Å². The Morgan fingerprint density at radius 3 is 2.75 bits per heavy atom.